The molecule has 128 valence electrons. The van der Waals surface area contributed by atoms with Gasteiger partial charge >= 0.3 is 0 Å². The highest BCUT2D eigenvalue weighted by molar-refractivity contribution is 7.91. The Hall–Kier alpha value is -0.520. The van der Waals surface area contributed by atoms with E-state index < -0.39 is 20.0 Å². The Kier molecular flexibility index (Phi) is 7.42. The van der Waals surface area contributed by atoms with Gasteiger partial charge in [0.05, 0.1) is 6.26 Å². The van der Waals surface area contributed by atoms with Crippen molar-refractivity contribution < 1.29 is 21.6 Å². The standard InChI is InChI=1S/C12H22N2O5S3/c1-11-5-6-12(20-11)22(17,18)13-7-9-14(21(3,15)16)8-4-10-19-2/h5-6,13H,4,7-10H2,1-3H3. The van der Waals surface area contributed by atoms with E-state index in [0.717, 1.165) is 11.1 Å². The summed E-state index contributed by atoms with van der Waals surface area (Å²) in [7, 11) is -5.42. The van der Waals surface area contributed by atoms with Gasteiger partial charge in [0.1, 0.15) is 4.21 Å². The highest BCUT2D eigenvalue weighted by Gasteiger charge is 2.19. The van der Waals surface area contributed by atoms with Crippen LogP contribution in [0.3, 0.4) is 0 Å². The fourth-order valence-electron chi connectivity index (χ4n) is 1.76. The molecule has 10 heteroatoms. The molecule has 0 spiro atoms. The van der Waals surface area contributed by atoms with E-state index in [1.165, 1.54) is 21.7 Å². The Bertz CT molecular complexity index is 667. The first-order valence-corrected chi connectivity index (χ1v) is 10.8. The topological polar surface area (TPSA) is 92.8 Å². The molecule has 1 heterocycles. The number of hydrogen-bond donors (Lipinski definition) is 1. The molecule has 0 aliphatic rings. The first-order chi connectivity index (χ1) is 10.2. The van der Waals surface area contributed by atoms with Gasteiger partial charge in [-0.25, -0.2) is 25.9 Å². The summed E-state index contributed by atoms with van der Waals surface area (Å²) in [6.45, 7) is 2.69. The largest absolute Gasteiger partial charge is 0.385 e. The van der Waals surface area contributed by atoms with Gasteiger partial charge in [-0.05, 0) is 25.5 Å². The van der Waals surface area contributed by atoms with Crippen molar-refractivity contribution >= 4 is 31.4 Å². The molecule has 1 aromatic heterocycles. The fraction of sp³-hybridized carbons (Fsp3) is 0.667. The van der Waals surface area contributed by atoms with Crippen molar-refractivity contribution in [1.29, 1.82) is 0 Å². The van der Waals surface area contributed by atoms with Crippen molar-refractivity contribution in [3.05, 3.63) is 17.0 Å². The average molecular weight is 371 g/mol. The Balaban J connectivity index is 2.58. The molecule has 7 nitrogen and oxygen atoms in total. The quantitative estimate of drug-likeness (QED) is 0.610. The number of hydrogen-bond acceptors (Lipinski definition) is 6. The molecular weight excluding hydrogens is 348 g/mol. The van der Waals surface area contributed by atoms with Gasteiger partial charge in [0.2, 0.25) is 20.0 Å². The van der Waals surface area contributed by atoms with Gasteiger partial charge in [-0.2, -0.15) is 0 Å². The van der Waals surface area contributed by atoms with Gasteiger partial charge in [0, 0.05) is 38.2 Å². The number of rotatable bonds is 10. The Morgan fingerprint density at radius 1 is 1.23 bits per heavy atom. The molecule has 0 unspecified atom stereocenters. The summed E-state index contributed by atoms with van der Waals surface area (Å²) in [5, 5.41) is 0. The van der Waals surface area contributed by atoms with Crippen LogP contribution in [-0.4, -0.2) is 60.7 Å². The molecule has 0 saturated heterocycles. The van der Waals surface area contributed by atoms with E-state index in [0.29, 0.717) is 19.6 Å². The highest BCUT2D eigenvalue weighted by Crippen LogP contribution is 2.20. The predicted octanol–water partition coefficient (Wildman–Crippen LogP) is 0.633. The van der Waals surface area contributed by atoms with Crippen molar-refractivity contribution in [1.82, 2.24) is 9.03 Å². The van der Waals surface area contributed by atoms with Crippen molar-refractivity contribution in [3.63, 3.8) is 0 Å². The normalized spacial score (nSPS) is 12.9. The van der Waals surface area contributed by atoms with Gasteiger partial charge in [-0.15, -0.1) is 11.3 Å². The van der Waals surface area contributed by atoms with Crippen LogP contribution in [0.15, 0.2) is 16.3 Å². The fourth-order valence-corrected chi connectivity index (χ4v) is 4.99. The lowest BCUT2D eigenvalue weighted by molar-refractivity contribution is 0.187. The van der Waals surface area contributed by atoms with Crippen LogP contribution >= 0.6 is 11.3 Å². The Morgan fingerprint density at radius 2 is 1.91 bits per heavy atom. The minimum Gasteiger partial charge on any atom is -0.385 e. The SMILES string of the molecule is COCCCN(CCNS(=O)(=O)c1ccc(C)s1)S(C)(=O)=O. The summed E-state index contributed by atoms with van der Waals surface area (Å²) in [4.78, 5) is 0.901. The zero-order chi connectivity index (χ0) is 16.8. The maximum Gasteiger partial charge on any atom is 0.250 e. The second kappa shape index (κ2) is 8.37. The van der Waals surface area contributed by atoms with E-state index in [9.17, 15) is 16.8 Å². The van der Waals surface area contributed by atoms with Crippen molar-refractivity contribution in [2.24, 2.45) is 0 Å². The van der Waals surface area contributed by atoms with E-state index in [-0.39, 0.29) is 17.3 Å². The van der Waals surface area contributed by atoms with E-state index >= 15 is 0 Å². The highest BCUT2D eigenvalue weighted by atomic mass is 32.2. The molecule has 1 aromatic rings. The zero-order valence-corrected chi connectivity index (χ0v) is 15.4. The van der Waals surface area contributed by atoms with Crippen LogP contribution < -0.4 is 4.72 Å². The van der Waals surface area contributed by atoms with Gasteiger partial charge in [0.15, 0.2) is 0 Å². The van der Waals surface area contributed by atoms with Crippen LogP contribution in [0.5, 0.6) is 0 Å². The molecule has 0 aliphatic carbocycles. The van der Waals surface area contributed by atoms with Crippen LogP contribution in [0.2, 0.25) is 0 Å². The predicted molar refractivity (Wildman–Crippen MR) is 87.2 cm³/mol. The number of methoxy groups -OCH3 is 1. The van der Waals surface area contributed by atoms with Crippen LogP contribution in [0.25, 0.3) is 0 Å². The second-order valence-electron chi connectivity index (χ2n) is 4.77. The lowest BCUT2D eigenvalue weighted by atomic mass is 10.4. The summed E-state index contributed by atoms with van der Waals surface area (Å²) in [6.07, 6.45) is 1.66. The molecule has 0 fully saturated rings. The molecule has 0 amide bonds. The maximum atomic E-state index is 12.0. The third-order valence-electron chi connectivity index (χ3n) is 2.86. The summed E-state index contributed by atoms with van der Waals surface area (Å²) < 4.78 is 56.2. The Morgan fingerprint density at radius 3 is 2.41 bits per heavy atom. The van der Waals surface area contributed by atoms with Crippen molar-refractivity contribution in [2.45, 2.75) is 17.6 Å². The molecular formula is C12H22N2O5S3. The number of sulfonamides is 2. The molecule has 1 N–H and O–H groups in total. The monoisotopic (exact) mass is 370 g/mol. The summed E-state index contributed by atoms with van der Waals surface area (Å²) in [5.74, 6) is 0. The maximum absolute atomic E-state index is 12.0. The lowest BCUT2D eigenvalue weighted by Gasteiger charge is -2.19. The summed E-state index contributed by atoms with van der Waals surface area (Å²) >= 11 is 1.18. The first kappa shape index (κ1) is 19.5. The van der Waals surface area contributed by atoms with E-state index in [4.69, 9.17) is 4.74 Å². The molecule has 22 heavy (non-hydrogen) atoms. The van der Waals surface area contributed by atoms with E-state index in [1.807, 2.05) is 6.92 Å². The average Bonchev–Trinajstić information content (AvgIpc) is 2.83. The van der Waals surface area contributed by atoms with Gasteiger partial charge in [-0.1, -0.05) is 0 Å². The van der Waals surface area contributed by atoms with Gasteiger partial charge in [-0.3, -0.25) is 0 Å². The molecule has 1 rings (SSSR count). The smallest absolute Gasteiger partial charge is 0.250 e. The van der Waals surface area contributed by atoms with E-state index in [2.05, 4.69) is 4.72 Å². The Labute approximate surface area is 136 Å². The number of aryl methyl sites for hydroxylation is 1. The van der Waals surface area contributed by atoms with Crippen molar-refractivity contribution in [3.8, 4) is 0 Å². The molecule has 0 aliphatic heterocycles. The molecule has 0 saturated carbocycles. The lowest BCUT2D eigenvalue weighted by Crippen LogP contribution is -2.38. The van der Waals surface area contributed by atoms with E-state index in [1.54, 1.807) is 13.2 Å². The van der Waals surface area contributed by atoms with Crippen LogP contribution in [0, 0.1) is 6.92 Å². The van der Waals surface area contributed by atoms with Crippen LogP contribution in [0.1, 0.15) is 11.3 Å². The second-order valence-corrected chi connectivity index (χ2v) is 10.0. The van der Waals surface area contributed by atoms with Crippen LogP contribution in [-0.2, 0) is 24.8 Å². The summed E-state index contributed by atoms with van der Waals surface area (Å²) in [5.41, 5.74) is 0. The minimum absolute atomic E-state index is 0.0271. The summed E-state index contributed by atoms with van der Waals surface area (Å²) in [6, 6.07) is 3.27. The van der Waals surface area contributed by atoms with Gasteiger partial charge < -0.3 is 4.74 Å². The minimum atomic E-state index is -3.58. The van der Waals surface area contributed by atoms with Crippen LogP contribution in [0.4, 0.5) is 0 Å². The first-order valence-electron chi connectivity index (χ1n) is 6.67. The number of nitrogens with one attached hydrogen (secondary N) is 1. The number of nitrogens with zero attached hydrogens (tertiary/aromatic N) is 1. The van der Waals surface area contributed by atoms with Crippen molar-refractivity contribution in [2.75, 3.05) is 39.6 Å². The molecule has 0 bridgehead atoms. The third-order valence-corrected chi connectivity index (χ3v) is 7.12. The van der Waals surface area contributed by atoms with Gasteiger partial charge in [0.25, 0.3) is 0 Å². The molecule has 0 aromatic carbocycles. The molecule has 0 atom stereocenters. The number of ether oxygens (including phenoxy) is 1. The zero-order valence-electron chi connectivity index (χ0n) is 12.9. The third kappa shape index (κ3) is 6.31. The number of thiophene rings is 1. The molecule has 0 radical (unpaired) electrons.